The number of methoxy groups -OCH3 is 2. The first-order chi connectivity index (χ1) is 25.9. The molecule has 0 aromatic heterocycles. The van der Waals surface area contributed by atoms with Gasteiger partial charge in [0, 0.05) is 37.6 Å². The van der Waals surface area contributed by atoms with Gasteiger partial charge in [-0.05, 0) is 112 Å². The lowest BCUT2D eigenvalue weighted by Crippen LogP contribution is -2.29. The van der Waals surface area contributed by atoms with Crippen LogP contribution in [0.3, 0.4) is 0 Å². The first kappa shape index (κ1) is 44.3. The summed E-state index contributed by atoms with van der Waals surface area (Å²) in [5.41, 5.74) is 19.0. The third kappa shape index (κ3) is 13.0. The Morgan fingerprint density at radius 2 is 1.04 bits per heavy atom. The van der Waals surface area contributed by atoms with E-state index in [2.05, 4.69) is 28.1 Å². The second-order valence-corrected chi connectivity index (χ2v) is 13.3. The second kappa shape index (κ2) is 21.7. The summed E-state index contributed by atoms with van der Waals surface area (Å²) in [5, 5.41) is 19.6. The Morgan fingerprint density at radius 3 is 1.44 bits per heavy atom. The van der Waals surface area contributed by atoms with Gasteiger partial charge in [0.05, 0.1) is 14.2 Å². The average Bonchev–Trinajstić information content (AvgIpc) is 3.18. The fourth-order valence-corrected chi connectivity index (χ4v) is 6.04. The van der Waals surface area contributed by atoms with Gasteiger partial charge in [-0.1, -0.05) is 107 Å². The van der Waals surface area contributed by atoms with E-state index in [1.165, 1.54) is 29.8 Å². The van der Waals surface area contributed by atoms with Gasteiger partial charge in [0.2, 0.25) is 11.8 Å². The molecule has 0 heterocycles. The first-order valence-corrected chi connectivity index (χ1v) is 18.4. The van der Waals surface area contributed by atoms with Crippen molar-refractivity contribution < 1.29 is 29.1 Å². The monoisotopic (exact) mass is 842 g/mol. The van der Waals surface area contributed by atoms with E-state index in [4.69, 9.17) is 54.2 Å². The number of benzene rings is 6. The van der Waals surface area contributed by atoms with E-state index in [0.717, 1.165) is 61.7 Å². The molecule has 0 aliphatic rings. The quantitative estimate of drug-likeness (QED) is 0.0803. The number of amides is 2. The number of carbonyl (C=O) groups excluding carboxylic acids is 2. The van der Waals surface area contributed by atoms with Gasteiger partial charge >= 0.3 is 7.12 Å². The molecule has 8 nitrogen and oxygen atoms in total. The zero-order chi connectivity index (χ0) is 39.2. The molecule has 0 radical (unpaired) electrons. The van der Waals surface area contributed by atoms with Crippen LogP contribution in [-0.2, 0) is 11.8 Å². The summed E-state index contributed by atoms with van der Waals surface area (Å²) < 4.78 is 10.9. The molecule has 0 bridgehead atoms. The summed E-state index contributed by atoms with van der Waals surface area (Å²) >= 11 is 15.6. The van der Waals surface area contributed by atoms with Gasteiger partial charge < -0.3 is 31.0 Å². The average molecular weight is 844 g/mol. The number of halogens is 3. The number of ether oxygens (including phenoxy) is 2. The summed E-state index contributed by atoms with van der Waals surface area (Å²) in [6.45, 7) is 0. The molecular formula is C43H42BBrCl2N2O6. The lowest BCUT2D eigenvalue weighted by atomic mass is 9.80. The van der Waals surface area contributed by atoms with Crippen LogP contribution in [0.15, 0.2) is 133 Å². The van der Waals surface area contributed by atoms with Crippen LogP contribution in [0.5, 0.6) is 11.5 Å². The van der Waals surface area contributed by atoms with Crippen LogP contribution in [0.25, 0.3) is 22.3 Å². The van der Waals surface area contributed by atoms with Crippen LogP contribution in [0.1, 0.15) is 44.8 Å². The zero-order valence-electron chi connectivity index (χ0n) is 29.5. The largest absolute Gasteiger partial charge is 0.496 e. The van der Waals surface area contributed by atoms with Crippen LogP contribution in [0, 0.1) is 0 Å². The minimum atomic E-state index is -1.51. The molecule has 12 heteroatoms. The fraction of sp³-hybridized carbons (Fsp3) is 0.116. The Labute approximate surface area is 340 Å². The molecule has 0 fully saturated rings. The third-order valence-corrected chi connectivity index (χ3v) is 9.21. The van der Waals surface area contributed by atoms with E-state index in [1.54, 1.807) is 26.4 Å². The summed E-state index contributed by atoms with van der Waals surface area (Å²) in [7, 11) is 1.83. The minimum Gasteiger partial charge on any atom is -0.496 e. The topological polar surface area (TPSA) is 145 Å². The molecule has 284 valence electrons. The van der Waals surface area contributed by atoms with Gasteiger partial charge in [0.1, 0.15) is 11.5 Å². The fourth-order valence-electron chi connectivity index (χ4n) is 5.31. The minimum absolute atomic E-state index is 0. The molecule has 6 rings (SSSR count). The van der Waals surface area contributed by atoms with Crippen molar-refractivity contribution in [2.45, 2.75) is 19.2 Å². The molecule has 2 amide bonds. The molecule has 6 N–H and O–H groups in total. The van der Waals surface area contributed by atoms with Gasteiger partial charge in [-0.25, -0.2) is 0 Å². The standard InChI is InChI=1S/C21H18ClNO2.C14H12BrClO.C7H8BNO3.CH4/c1-25-20-10-7-15(11-14-5-8-16(9-6-14)21(23)24)12-19(20)17-3-2-4-18(22)13-17;1-17-14-6-5-10(9-15)7-13(14)11-3-2-4-12(16)8-11;9-7(10)5-1-3-6(4-2-5)8(11)12;/h2-10,12-13H,11H2,1H3,(H2,23,24);2-8H,9H2,1H3;1-4,11-12H,(H2,9,10);1H4. The molecule has 0 aliphatic heterocycles. The van der Waals surface area contributed by atoms with Crippen LogP contribution in [0.4, 0.5) is 0 Å². The number of rotatable bonds is 10. The van der Waals surface area contributed by atoms with E-state index in [1.807, 2.05) is 84.9 Å². The Morgan fingerprint density at radius 1 is 0.618 bits per heavy atom. The van der Waals surface area contributed by atoms with Crippen molar-refractivity contribution in [3.05, 3.63) is 171 Å². The van der Waals surface area contributed by atoms with Crippen molar-refractivity contribution >= 4 is 63.5 Å². The number of hydrogen-bond acceptors (Lipinski definition) is 6. The normalized spacial score (nSPS) is 10.0. The highest BCUT2D eigenvalue weighted by Gasteiger charge is 2.11. The Hall–Kier alpha value is -5.10. The predicted molar refractivity (Wildman–Crippen MR) is 229 cm³/mol. The van der Waals surface area contributed by atoms with Crippen molar-refractivity contribution in [1.29, 1.82) is 0 Å². The third-order valence-electron chi connectivity index (χ3n) is 8.09. The summed E-state index contributed by atoms with van der Waals surface area (Å²) in [6, 6.07) is 40.8. The highest BCUT2D eigenvalue weighted by Crippen LogP contribution is 2.34. The van der Waals surface area contributed by atoms with E-state index < -0.39 is 18.9 Å². The molecule has 55 heavy (non-hydrogen) atoms. The maximum absolute atomic E-state index is 11.2. The molecule has 0 unspecified atom stereocenters. The van der Waals surface area contributed by atoms with Crippen molar-refractivity contribution in [1.82, 2.24) is 0 Å². The van der Waals surface area contributed by atoms with Crippen molar-refractivity contribution in [2.24, 2.45) is 11.5 Å². The number of hydrogen-bond donors (Lipinski definition) is 4. The van der Waals surface area contributed by atoms with Gasteiger partial charge in [0.15, 0.2) is 0 Å². The maximum atomic E-state index is 11.2. The number of primary amides is 2. The molecule has 0 atom stereocenters. The van der Waals surface area contributed by atoms with Crippen molar-refractivity contribution in [3.8, 4) is 33.8 Å². The summed E-state index contributed by atoms with van der Waals surface area (Å²) in [4.78, 5) is 21.7. The Kier molecular flexibility index (Phi) is 17.5. The van der Waals surface area contributed by atoms with Crippen molar-refractivity contribution in [3.63, 3.8) is 0 Å². The lowest BCUT2D eigenvalue weighted by molar-refractivity contribution is 0.0992. The van der Waals surface area contributed by atoms with Crippen LogP contribution < -0.4 is 26.4 Å². The number of alkyl halides is 1. The molecule has 0 saturated heterocycles. The zero-order valence-corrected chi connectivity index (χ0v) is 32.6. The molecule has 6 aromatic rings. The molecule has 6 aromatic carbocycles. The van der Waals surface area contributed by atoms with Crippen LogP contribution in [0.2, 0.25) is 10.0 Å². The van der Waals surface area contributed by atoms with Crippen molar-refractivity contribution in [2.75, 3.05) is 14.2 Å². The summed E-state index contributed by atoms with van der Waals surface area (Å²) in [5.74, 6) is 0.709. The SMILES string of the molecule is C.COc1ccc(CBr)cc1-c1cccc(Cl)c1.COc1ccc(Cc2ccc(C(N)=O)cc2)cc1-c1cccc(Cl)c1.NC(=O)c1ccc(B(O)O)cc1. The van der Waals surface area contributed by atoms with Gasteiger partial charge in [-0.3, -0.25) is 9.59 Å². The molecule has 0 saturated carbocycles. The molecule has 0 spiro atoms. The second-order valence-electron chi connectivity index (χ2n) is 11.8. The van der Waals surface area contributed by atoms with Gasteiger partial charge in [-0.2, -0.15) is 0 Å². The van der Waals surface area contributed by atoms with E-state index in [0.29, 0.717) is 21.6 Å². The predicted octanol–water partition coefficient (Wildman–Crippen LogP) is 8.72. The van der Waals surface area contributed by atoms with E-state index in [-0.39, 0.29) is 7.43 Å². The molecule has 0 aliphatic carbocycles. The lowest BCUT2D eigenvalue weighted by Gasteiger charge is -2.12. The number of carbonyl (C=O) groups is 2. The van der Waals surface area contributed by atoms with Crippen LogP contribution in [-0.4, -0.2) is 43.2 Å². The highest BCUT2D eigenvalue weighted by molar-refractivity contribution is 9.08. The van der Waals surface area contributed by atoms with Gasteiger partial charge in [-0.15, -0.1) is 0 Å². The first-order valence-electron chi connectivity index (χ1n) is 16.5. The highest BCUT2D eigenvalue weighted by atomic mass is 79.9. The Balaban J connectivity index is 0.000000236. The Bertz CT molecular complexity index is 2180. The maximum Gasteiger partial charge on any atom is 0.488 e. The summed E-state index contributed by atoms with van der Waals surface area (Å²) in [6.07, 6.45) is 0.747. The van der Waals surface area contributed by atoms with E-state index >= 15 is 0 Å². The molecular weight excluding hydrogens is 802 g/mol. The van der Waals surface area contributed by atoms with E-state index in [9.17, 15) is 9.59 Å². The van der Waals surface area contributed by atoms with Crippen LogP contribution >= 0.6 is 39.1 Å². The number of nitrogens with two attached hydrogens (primary N) is 2. The van der Waals surface area contributed by atoms with Gasteiger partial charge in [0.25, 0.3) is 0 Å². The smallest absolute Gasteiger partial charge is 0.488 e.